The van der Waals surface area contributed by atoms with Gasteiger partial charge in [-0.15, -0.1) is 0 Å². The van der Waals surface area contributed by atoms with Gasteiger partial charge in [-0.1, -0.05) is 6.92 Å². The molecule has 0 spiro atoms. The van der Waals surface area contributed by atoms with Gasteiger partial charge in [0.25, 0.3) is 0 Å². The molecule has 104 valence electrons. The molecule has 0 bridgehead atoms. The normalized spacial score (nSPS) is 16.5. The lowest BCUT2D eigenvalue weighted by Gasteiger charge is -2.35. The maximum atomic E-state index is 11.7. The Morgan fingerprint density at radius 3 is 2.28 bits per heavy atom. The Kier molecular flexibility index (Phi) is 5.91. The van der Waals surface area contributed by atoms with E-state index in [4.69, 9.17) is 0 Å². The van der Waals surface area contributed by atoms with E-state index in [0.29, 0.717) is 19.6 Å². The lowest BCUT2D eigenvalue weighted by atomic mass is 10.3. The number of nitrogens with one attached hydrogen (secondary N) is 1. The second-order valence-electron chi connectivity index (χ2n) is 4.79. The molecule has 1 saturated heterocycles. The molecule has 0 atom stereocenters. The van der Waals surface area contributed by atoms with Crippen LogP contribution in [-0.4, -0.2) is 80.0 Å². The van der Waals surface area contributed by atoms with Crippen LogP contribution in [0.2, 0.25) is 0 Å². The van der Waals surface area contributed by atoms with Gasteiger partial charge >= 0.3 is 6.03 Å². The molecule has 1 rings (SSSR count). The number of piperazine rings is 1. The van der Waals surface area contributed by atoms with Crippen molar-refractivity contribution in [3.8, 4) is 0 Å². The second kappa shape index (κ2) is 7.20. The molecule has 1 fully saturated rings. The third-order valence-electron chi connectivity index (χ3n) is 2.96. The molecule has 18 heavy (non-hydrogen) atoms. The molecule has 1 heterocycles. The van der Waals surface area contributed by atoms with E-state index in [-0.39, 0.29) is 11.9 Å². The van der Waals surface area contributed by atoms with Crippen molar-refractivity contribution in [2.24, 2.45) is 0 Å². The molecule has 1 aliphatic heterocycles. The molecule has 0 unspecified atom stereocenters. The average molecular weight is 256 g/mol. The van der Waals surface area contributed by atoms with Gasteiger partial charge in [-0.05, 0) is 6.42 Å². The molecule has 0 aromatic rings. The highest BCUT2D eigenvalue weighted by Crippen LogP contribution is 2.03. The zero-order valence-electron chi connectivity index (χ0n) is 11.6. The second-order valence-corrected chi connectivity index (χ2v) is 4.79. The van der Waals surface area contributed by atoms with Crippen molar-refractivity contribution < 1.29 is 9.59 Å². The monoisotopic (exact) mass is 256 g/mol. The highest BCUT2D eigenvalue weighted by molar-refractivity contribution is 5.78. The van der Waals surface area contributed by atoms with Gasteiger partial charge in [0, 0.05) is 46.8 Å². The van der Waals surface area contributed by atoms with Gasteiger partial charge in [0.15, 0.2) is 0 Å². The van der Waals surface area contributed by atoms with Gasteiger partial charge < -0.3 is 15.1 Å². The Morgan fingerprint density at radius 1 is 1.17 bits per heavy atom. The number of amides is 3. The first kappa shape index (κ1) is 14.8. The maximum absolute atomic E-state index is 11.7. The van der Waals surface area contributed by atoms with Gasteiger partial charge in [-0.3, -0.25) is 9.69 Å². The molecule has 1 N–H and O–H groups in total. The number of nitrogens with zero attached hydrogens (tertiary/aromatic N) is 3. The van der Waals surface area contributed by atoms with Crippen molar-refractivity contribution in [1.29, 1.82) is 0 Å². The third-order valence-corrected chi connectivity index (χ3v) is 2.96. The van der Waals surface area contributed by atoms with Crippen molar-refractivity contribution in [3.63, 3.8) is 0 Å². The lowest BCUT2D eigenvalue weighted by molar-refractivity contribution is -0.122. The summed E-state index contributed by atoms with van der Waals surface area (Å²) in [6.45, 7) is 6.11. The van der Waals surface area contributed by atoms with Crippen molar-refractivity contribution >= 4 is 11.9 Å². The van der Waals surface area contributed by atoms with Crippen LogP contribution in [0.25, 0.3) is 0 Å². The minimum Gasteiger partial charge on any atom is -0.355 e. The Morgan fingerprint density at radius 2 is 1.78 bits per heavy atom. The predicted octanol–water partition coefficient (Wildman–Crippen LogP) is -0.188. The number of hydrogen-bond donors (Lipinski definition) is 1. The standard InChI is InChI=1S/C12H24N4O2/c1-4-5-13-11(17)10-15-6-8-16(9-7-15)12(18)14(2)3/h4-10H2,1-3H3,(H,13,17). The van der Waals surface area contributed by atoms with Crippen LogP contribution < -0.4 is 5.32 Å². The molecule has 1 aliphatic rings. The van der Waals surface area contributed by atoms with E-state index in [2.05, 4.69) is 10.2 Å². The van der Waals surface area contributed by atoms with E-state index in [9.17, 15) is 9.59 Å². The first-order valence-corrected chi connectivity index (χ1v) is 6.50. The first-order chi connectivity index (χ1) is 8.54. The molecule has 0 aromatic carbocycles. The summed E-state index contributed by atoms with van der Waals surface area (Å²) in [6, 6.07) is 0.0464. The van der Waals surface area contributed by atoms with E-state index in [1.165, 1.54) is 0 Å². The van der Waals surface area contributed by atoms with Crippen LogP contribution in [0, 0.1) is 0 Å². The fourth-order valence-electron chi connectivity index (χ4n) is 1.90. The Balaban J connectivity index is 2.27. The average Bonchev–Trinajstić information content (AvgIpc) is 2.36. The molecular weight excluding hydrogens is 232 g/mol. The quantitative estimate of drug-likeness (QED) is 0.758. The Bertz CT molecular complexity index is 286. The molecule has 3 amide bonds. The maximum Gasteiger partial charge on any atom is 0.319 e. The van der Waals surface area contributed by atoms with E-state index < -0.39 is 0 Å². The predicted molar refractivity (Wildman–Crippen MR) is 70.4 cm³/mol. The molecule has 0 radical (unpaired) electrons. The van der Waals surface area contributed by atoms with E-state index in [1.54, 1.807) is 19.0 Å². The summed E-state index contributed by atoms with van der Waals surface area (Å²) in [5.74, 6) is 0.0734. The van der Waals surface area contributed by atoms with E-state index in [1.807, 2.05) is 11.8 Å². The van der Waals surface area contributed by atoms with Gasteiger partial charge in [0.1, 0.15) is 0 Å². The summed E-state index contributed by atoms with van der Waals surface area (Å²) in [5, 5.41) is 2.86. The number of hydrogen-bond acceptors (Lipinski definition) is 3. The van der Waals surface area contributed by atoms with Crippen molar-refractivity contribution in [3.05, 3.63) is 0 Å². The smallest absolute Gasteiger partial charge is 0.319 e. The number of rotatable bonds is 4. The topological polar surface area (TPSA) is 55.9 Å². The van der Waals surface area contributed by atoms with Gasteiger partial charge in [0.05, 0.1) is 6.54 Å². The third kappa shape index (κ3) is 4.52. The summed E-state index contributed by atoms with van der Waals surface area (Å²) < 4.78 is 0. The number of carbonyl (C=O) groups is 2. The number of carbonyl (C=O) groups excluding carboxylic acids is 2. The molecule has 0 saturated carbocycles. The molecule has 0 aromatic heterocycles. The highest BCUT2D eigenvalue weighted by Gasteiger charge is 2.22. The Labute approximate surface area is 109 Å². The van der Waals surface area contributed by atoms with Crippen LogP contribution in [0.15, 0.2) is 0 Å². The fraction of sp³-hybridized carbons (Fsp3) is 0.833. The number of urea groups is 1. The Hall–Kier alpha value is -1.30. The zero-order valence-corrected chi connectivity index (χ0v) is 11.6. The van der Waals surface area contributed by atoms with Crippen LogP contribution in [0.4, 0.5) is 4.79 Å². The van der Waals surface area contributed by atoms with Crippen LogP contribution in [0.3, 0.4) is 0 Å². The first-order valence-electron chi connectivity index (χ1n) is 6.50. The molecule has 0 aliphatic carbocycles. The van der Waals surface area contributed by atoms with Crippen molar-refractivity contribution in [2.75, 3.05) is 53.4 Å². The van der Waals surface area contributed by atoms with Gasteiger partial charge in [-0.2, -0.15) is 0 Å². The molecule has 6 nitrogen and oxygen atoms in total. The van der Waals surface area contributed by atoms with Crippen molar-refractivity contribution in [2.45, 2.75) is 13.3 Å². The largest absolute Gasteiger partial charge is 0.355 e. The van der Waals surface area contributed by atoms with E-state index in [0.717, 1.165) is 26.1 Å². The minimum absolute atomic E-state index is 0.0464. The van der Waals surface area contributed by atoms with Crippen LogP contribution in [0.5, 0.6) is 0 Å². The summed E-state index contributed by atoms with van der Waals surface area (Å²) in [5.41, 5.74) is 0. The molecule has 6 heteroatoms. The lowest BCUT2D eigenvalue weighted by Crippen LogP contribution is -2.53. The molecular formula is C12H24N4O2. The fourth-order valence-corrected chi connectivity index (χ4v) is 1.90. The minimum atomic E-state index is 0.0464. The highest BCUT2D eigenvalue weighted by atomic mass is 16.2. The summed E-state index contributed by atoms with van der Waals surface area (Å²) >= 11 is 0. The van der Waals surface area contributed by atoms with Crippen molar-refractivity contribution in [1.82, 2.24) is 20.0 Å². The zero-order chi connectivity index (χ0) is 13.5. The summed E-state index contributed by atoms with van der Waals surface area (Å²) in [4.78, 5) is 28.8. The van der Waals surface area contributed by atoms with Gasteiger partial charge in [-0.25, -0.2) is 4.79 Å². The van der Waals surface area contributed by atoms with E-state index >= 15 is 0 Å². The van der Waals surface area contributed by atoms with Crippen LogP contribution >= 0.6 is 0 Å². The SMILES string of the molecule is CCCNC(=O)CN1CCN(C(=O)N(C)C)CC1. The van der Waals surface area contributed by atoms with Crippen LogP contribution in [0.1, 0.15) is 13.3 Å². The van der Waals surface area contributed by atoms with Crippen LogP contribution in [-0.2, 0) is 4.79 Å². The summed E-state index contributed by atoms with van der Waals surface area (Å²) in [6.07, 6.45) is 0.955. The summed E-state index contributed by atoms with van der Waals surface area (Å²) in [7, 11) is 3.51. The van der Waals surface area contributed by atoms with Gasteiger partial charge in [0.2, 0.25) is 5.91 Å².